The van der Waals surface area contributed by atoms with E-state index in [1.807, 2.05) is 0 Å². The number of halogens is 3. The molecule has 0 radical (unpaired) electrons. The van der Waals surface area contributed by atoms with Crippen LogP contribution in [0.15, 0.2) is 35.2 Å². The number of benzene rings is 1. The lowest BCUT2D eigenvalue weighted by Gasteiger charge is -2.14. The molecule has 1 heterocycles. The summed E-state index contributed by atoms with van der Waals surface area (Å²) < 4.78 is 65.8. The molecule has 1 aliphatic rings. The first-order chi connectivity index (χ1) is 9.59. The molecule has 1 atom stereocenters. The fourth-order valence-corrected chi connectivity index (χ4v) is 3.32. The van der Waals surface area contributed by atoms with Crippen molar-refractivity contribution < 1.29 is 31.1 Å². The first-order valence-corrected chi connectivity index (χ1v) is 7.76. The van der Waals surface area contributed by atoms with Crippen LogP contribution in [-0.4, -0.2) is 32.9 Å². The van der Waals surface area contributed by atoms with Crippen LogP contribution in [0.2, 0.25) is 0 Å². The lowest BCUT2D eigenvalue weighted by Crippen LogP contribution is -2.24. The van der Waals surface area contributed by atoms with E-state index in [1.165, 1.54) is 12.1 Å². The molecule has 1 aromatic rings. The molecule has 0 bridgehead atoms. The summed E-state index contributed by atoms with van der Waals surface area (Å²) in [6, 6.07) is 7.62. The Hall–Kier alpha value is -1.83. The molecule has 21 heavy (non-hydrogen) atoms. The highest BCUT2D eigenvalue weighted by molar-refractivity contribution is 7.94. The normalized spacial score (nSPS) is 19.8. The van der Waals surface area contributed by atoms with Crippen LogP contribution in [0.25, 0.3) is 5.57 Å². The number of cyclic esters (lactones) is 1. The molecule has 0 spiro atoms. The van der Waals surface area contributed by atoms with E-state index >= 15 is 0 Å². The van der Waals surface area contributed by atoms with E-state index in [-0.39, 0.29) is 11.1 Å². The van der Waals surface area contributed by atoms with E-state index in [2.05, 4.69) is 4.74 Å². The lowest BCUT2D eigenvalue weighted by atomic mass is 10.1. The van der Waals surface area contributed by atoms with Crippen LogP contribution < -0.4 is 0 Å². The van der Waals surface area contributed by atoms with E-state index in [1.54, 1.807) is 18.2 Å². The van der Waals surface area contributed by atoms with Gasteiger partial charge in [-0.25, -0.2) is 13.2 Å². The summed E-state index contributed by atoms with van der Waals surface area (Å²) in [5, 5.41) is 0. The van der Waals surface area contributed by atoms with Gasteiger partial charge in [0.1, 0.15) is 6.10 Å². The largest absolute Gasteiger partial charge is 0.453 e. The molecule has 0 fully saturated rings. The maximum atomic E-state index is 12.5. The van der Waals surface area contributed by atoms with Crippen molar-refractivity contribution in [3.8, 4) is 0 Å². The number of carbonyl (C=O) groups excluding carboxylic acids is 1. The second kappa shape index (κ2) is 5.18. The van der Waals surface area contributed by atoms with Gasteiger partial charge in [0.15, 0.2) is 9.84 Å². The summed E-state index contributed by atoms with van der Waals surface area (Å²) in [7, 11) is -4.02. The zero-order valence-corrected chi connectivity index (χ0v) is 11.7. The number of esters is 1. The summed E-state index contributed by atoms with van der Waals surface area (Å²) >= 11 is 0. The second-order valence-corrected chi connectivity index (χ2v) is 6.57. The van der Waals surface area contributed by atoms with E-state index in [0.29, 0.717) is 0 Å². The Kier molecular flexibility index (Phi) is 3.83. The Morgan fingerprint density at radius 2 is 1.76 bits per heavy atom. The van der Waals surface area contributed by atoms with Gasteiger partial charge in [0, 0.05) is 6.26 Å². The Labute approximate surface area is 119 Å². The van der Waals surface area contributed by atoms with Crippen molar-refractivity contribution in [2.45, 2.75) is 18.7 Å². The number of hydrogen-bond acceptors (Lipinski definition) is 4. The second-order valence-electron chi connectivity index (χ2n) is 4.59. The number of rotatable bonds is 3. The first kappa shape index (κ1) is 15.6. The number of hydrogen-bond donors (Lipinski definition) is 0. The van der Waals surface area contributed by atoms with Crippen molar-refractivity contribution in [3.05, 3.63) is 40.8 Å². The molecular weight excluding hydrogens is 309 g/mol. The Balaban J connectivity index is 2.60. The number of ether oxygens (including phenoxy) is 1. The van der Waals surface area contributed by atoms with Crippen molar-refractivity contribution in [1.29, 1.82) is 0 Å². The van der Waals surface area contributed by atoms with Crippen LogP contribution >= 0.6 is 0 Å². The van der Waals surface area contributed by atoms with Gasteiger partial charge in [-0.1, -0.05) is 30.3 Å². The zero-order chi connectivity index (χ0) is 15.8. The standard InChI is InChI=1S/C13H11F3O4S/c1-21(18,19)11-9(7-13(14,15)16)20-12(17)10(11)8-5-3-2-4-6-8/h2-6,9H,7H2,1H3. The van der Waals surface area contributed by atoms with Crippen molar-refractivity contribution in [1.82, 2.24) is 0 Å². The minimum Gasteiger partial charge on any atom is -0.453 e. The third-order valence-corrected chi connectivity index (χ3v) is 4.14. The fourth-order valence-electron chi connectivity index (χ4n) is 2.14. The van der Waals surface area contributed by atoms with Gasteiger partial charge in [-0.3, -0.25) is 0 Å². The predicted molar refractivity (Wildman–Crippen MR) is 68.8 cm³/mol. The molecule has 0 aromatic heterocycles. The molecule has 4 nitrogen and oxygen atoms in total. The van der Waals surface area contributed by atoms with Gasteiger partial charge in [0.05, 0.1) is 16.9 Å². The van der Waals surface area contributed by atoms with Gasteiger partial charge in [-0.15, -0.1) is 0 Å². The summed E-state index contributed by atoms with van der Waals surface area (Å²) in [6.07, 6.45) is -7.25. The molecule has 0 saturated heterocycles. The Morgan fingerprint density at radius 1 is 1.19 bits per heavy atom. The van der Waals surface area contributed by atoms with Gasteiger partial charge < -0.3 is 4.74 Å². The summed E-state index contributed by atoms with van der Waals surface area (Å²) in [6.45, 7) is 0. The third kappa shape index (κ3) is 3.44. The predicted octanol–water partition coefficient (Wildman–Crippen LogP) is 2.32. The average Bonchev–Trinajstić information content (AvgIpc) is 2.64. The fraction of sp³-hybridized carbons (Fsp3) is 0.308. The van der Waals surface area contributed by atoms with Crippen LogP contribution in [0.4, 0.5) is 13.2 Å². The summed E-state index contributed by atoms with van der Waals surface area (Å²) in [5.41, 5.74) is -0.111. The molecule has 8 heteroatoms. The van der Waals surface area contributed by atoms with E-state index < -0.39 is 39.4 Å². The molecule has 0 N–H and O–H groups in total. The number of sulfone groups is 1. The van der Waals surface area contributed by atoms with Gasteiger partial charge in [-0.2, -0.15) is 13.2 Å². The van der Waals surface area contributed by atoms with Crippen LogP contribution in [0.1, 0.15) is 12.0 Å². The Bertz CT molecular complexity index is 690. The van der Waals surface area contributed by atoms with Crippen molar-refractivity contribution in [3.63, 3.8) is 0 Å². The van der Waals surface area contributed by atoms with Crippen LogP contribution in [0, 0.1) is 0 Å². The monoisotopic (exact) mass is 320 g/mol. The molecule has 1 unspecified atom stereocenters. The molecule has 2 rings (SSSR count). The van der Waals surface area contributed by atoms with Gasteiger partial charge in [-0.05, 0) is 5.56 Å². The molecule has 0 aliphatic carbocycles. The molecule has 1 aliphatic heterocycles. The number of carbonyl (C=O) groups is 1. The topological polar surface area (TPSA) is 60.4 Å². The molecule has 114 valence electrons. The smallest absolute Gasteiger partial charge is 0.393 e. The maximum Gasteiger partial charge on any atom is 0.393 e. The molecular formula is C13H11F3O4S. The molecule has 1 aromatic carbocycles. The summed E-state index contributed by atoms with van der Waals surface area (Å²) in [5.74, 6) is -1.06. The molecule has 0 saturated carbocycles. The maximum absolute atomic E-state index is 12.5. The van der Waals surface area contributed by atoms with Gasteiger partial charge in [0.25, 0.3) is 0 Å². The van der Waals surface area contributed by atoms with Crippen molar-refractivity contribution in [2.75, 3.05) is 6.26 Å². The quantitative estimate of drug-likeness (QED) is 0.802. The van der Waals surface area contributed by atoms with E-state index in [4.69, 9.17) is 0 Å². The SMILES string of the molecule is CS(=O)(=O)C1=C(c2ccccc2)C(=O)OC1CC(F)(F)F. The third-order valence-electron chi connectivity index (χ3n) is 2.87. The summed E-state index contributed by atoms with van der Waals surface area (Å²) in [4.78, 5) is 11.2. The highest BCUT2D eigenvalue weighted by Gasteiger charge is 2.45. The lowest BCUT2D eigenvalue weighted by molar-refractivity contribution is -0.161. The highest BCUT2D eigenvalue weighted by Crippen LogP contribution is 2.38. The molecule has 0 amide bonds. The van der Waals surface area contributed by atoms with Crippen molar-refractivity contribution in [2.24, 2.45) is 0 Å². The van der Waals surface area contributed by atoms with E-state index in [9.17, 15) is 26.4 Å². The minimum absolute atomic E-state index is 0.215. The first-order valence-electron chi connectivity index (χ1n) is 5.87. The van der Waals surface area contributed by atoms with Crippen LogP contribution in [0.5, 0.6) is 0 Å². The Morgan fingerprint density at radius 3 is 2.24 bits per heavy atom. The van der Waals surface area contributed by atoms with Crippen LogP contribution in [-0.2, 0) is 19.4 Å². The number of alkyl halides is 3. The van der Waals surface area contributed by atoms with Crippen LogP contribution in [0.3, 0.4) is 0 Å². The highest BCUT2D eigenvalue weighted by atomic mass is 32.2. The van der Waals surface area contributed by atoms with Crippen molar-refractivity contribution >= 4 is 21.4 Å². The van der Waals surface area contributed by atoms with Gasteiger partial charge >= 0.3 is 12.1 Å². The minimum atomic E-state index is -4.65. The average molecular weight is 320 g/mol. The van der Waals surface area contributed by atoms with Gasteiger partial charge in [0.2, 0.25) is 0 Å². The zero-order valence-electron chi connectivity index (χ0n) is 10.8. The van der Waals surface area contributed by atoms with E-state index in [0.717, 1.165) is 6.26 Å².